The Balaban J connectivity index is 1.93. The molecule has 192 valence electrons. The SMILES string of the molecule is CCC(=O)S[C@@]1(C)C(=O)N2C(c3ccc4c(c3)OCO4)[C@@](C)(C#N)C[C@]2(SC(=O)CCO)C(=O)N1C. The number of nitriles is 1. The van der Waals surface area contributed by atoms with E-state index in [2.05, 4.69) is 6.07 Å². The summed E-state index contributed by atoms with van der Waals surface area (Å²) in [5, 5.41) is 18.9. The highest BCUT2D eigenvalue weighted by atomic mass is 32.2. The first kappa shape index (κ1) is 26.3. The number of rotatable bonds is 6. The van der Waals surface area contributed by atoms with E-state index in [0.29, 0.717) is 28.8 Å². The summed E-state index contributed by atoms with van der Waals surface area (Å²) < 4.78 is 10.9. The van der Waals surface area contributed by atoms with Crippen LogP contribution in [0.1, 0.15) is 51.6 Å². The summed E-state index contributed by atoms with van der Waals surface area (Å²) in [5.74, 6) is -0.145. The number of nitrogens with zero attached hydrogens (tertiary/aromatic N) is 3. The highest BCUT2D eigenvalue weighted by molar-refractivity contribution is 8.16. The summed E-state index contributed by atoms with van der Waals surface area (Å²) in [4.78, 5) is 52.9. The third-order valence-corrected chi connectivity index (χ3v) is 9.57. The first-order chi connectivity index (χ1) is 17.0. The van der Waals surface area contributed by atoms with Gasteiger partial charge in [-0.2, -0.15) is 5.26 Å². The summed E-state index contributed by atoms with van der Waals surface area (Å²) in [7, 11) is 1.43. The van der Waals surface area contributed by atoms with E-state index in [9.17, 15) is 29.5 Å². The highest BCUT2D eigenvalue weighted by Crippen LogP contribution is 2.62. The standard InChI is InChI=1S/C24H27N3O7S2/c1-5-17(29)35-23(3)20(31)27-19(14-6-7-15-16(10-14)34-13-33-15)22(2,12-25)11-24(27,21(32)26(23)4)36-18(30)8-9-28/h6-7,10,19,28H,5,8-9,11,13H2,1-4H3/t19?,22-,23+,24+/m1/s1. The van der Waals surface area contributed by atoms with Crippen molar-refractivity contribution < 1.29 is 33.8 Å². The molecule has 3 heterocycles. The molecule has 0 bridgehead atoms. The van der Waals surface area contributed by atoms with E-state index in [4.69, 9.17) is 9.47 Å². The van der Waals surface area contributed by atoms with Crippen molar-refractivity contribution >= 4 is 45.6 Å². The van der Waals surface area contributed by atoms with Gasteiger partial charge in [-0.3, -0.25) is 19.2 Å². The summed E-state index contributed by atoms with van der Waals surface area (Å²) in [5.41, 5.74) is -0.725. The quantitative estimate of drug-likeness (QED) is 0.580. The Morgan fingerprint density at radius 1 is 1.17 bits per heavy atom. The second kappa shape index (κ2) is 9.28. The van der Waals surface area contributed by atoms with Gasteiger partial charge in [-0.05, 0) is 55.1 Å². The molecule has 3 aliphatic rings. The van der Waals surface area contributed by atoms with Gasteiger partial charge in [0.1, 0.15) is 0 Å². The molecule has 4 atom stereocenters. The van der Waals surface area contributed by atoms with Crippen LogP contribution in [-0.4, -0.2) is 67.1 Å². The zero-order valence-electron chi connectivity index (χ0n) is 20.4. The molecule has 3 aliphatic heterocycles. The fourth-order valence-electron chi connectivity index (χ4n) is 5.02. The lowest BCUT2D eigenvalue weighted by atomic mass is 9.79. The van der Waals surface area contributed by atoms with Gasteiger partial charge >= 0.3 is 0 Å². The van der Waals surface area contributed by atoms with Crippen LogP contribution in [0, 0.1) is 16.7 Å². The molecule has 4 rings (SSSR count). The summed E-state index contributed by atoms with van der Waals surface area (Å²) >= 11 is 1.42. The number of hydrogen-bond acceptors (Lipinski definition) is 10. The second-order valence-corrected chi connectivity index (χ2v) is 12.1. The summed E-state index contributed by atoms with van der Waals surface area (Å²) in [6.45, 7) is 4.45. The molecule has 1 aromatic carbocycles. The van der Waals surface area contributed by atoms with E-state index in [1.165, 1.54) is 23.8 Å². The van der Waals surface area contributed by atoms with E-state index in [1.54, 1.807) is 32.0 Å². The predicted molar refractivity (Wildman–Crippen MR) is 132 cm³/mol. The lowest BCUT2D eigenvalue weighted by Gasteiger charge is -2.52. The number of thioether (sulfide) groups is 2. The number of likely N-dealkylation sites (N-methyl/N-ethyl adjacent to an activating group) is 1. The maximum absolute atomic E-state index is 14.3. The first-order valence-electron chi connectivity index (χ1n) is 11.4. The van der Waals surface area contributed by atoms with Gasteiger partial charge in [0.05, 0.1) is 24.1 Å². The topological polar surface area (TPSA) is 137 Å². The van der Waals surface area contributed by atoms with Crippen LogP contribution < -0.4 is 9.47 Å². The van der Waals surface area contributed by atoms with Crippen LogP contribution in [0.2, 0.25) is 0 Å². The van der Waals surface area contributed by atoms with Gasteiger partial charge in [0.15, 0.2) is 31.5 Å². The Bertz CT molecular complexity index is 1190. The van der Waals surface area contributed by atoms with E-state index in [0.717, 1.165) is 11.8 Å². The molecule has 0 saturated carbocycles. The van der Waals surface area contributed by atoms with Gasteiger partial charge in [-0.15, -0.1) is 0 Å². The molecule has 1 aromatic rings. The number of carbonyl (C=O) groups excluding carboxylic acids is 4. The van der Waals surface area contributed by atoms with Gasteiger partial charge < -0.3 is 24.4 Å². The number of ether oxygens (including phenoxy) is 2. The van der Waals surface area contributed by atoms with Gasteiger partial charge in [-0.25, -0.2) is 0 Å². The van der Waals surface area contributed by atoms with Crippen LogP contribution in [0.4, 0.5) is 0 Å². The van der Waals surface area contributed by atoms with Gasteiger partial charge in [0, 0.05) is 26.3 Å². The molecule has 0 aliphatic carbocycles. The maximum atomic E-state index is 14.3. The Hall–Kier alpha value is -2.75. The van der Waals surface area contributed by atoms with Crippen molar-refractivity contribution in [3.63, 3.8) is 0 Å². The van der Waals surface area contributed by atoms with E-state index >= 15 is 0 Å². The fourth-order valence-corrected chi connectivity index (χ4v) is 7.47. The van der Waals surface area contributed by atoms with Crippen molar-refractivity contribution in [3.8, 4) is 17.6 Å². The van der Waals surface area contributed by atoms with Crippen LogP contribution >= 0.6 is 23.5 Å². The number of aliphatic hydroxyl groups is 1. The van der Waals surface area contributed by atoms with Crippen molar-refractivity contribution in [2.75, 3.05) is 20.4 Å². The number of aliphatic hydroxyl groups excluding tert-OH is 1. The molecule has 36 heavy (non-hydrogen) atoms. The van der Waals surface area contributed by atoms with E-state index < -0.39 is 44.7 Å². The minimum atomic E-state index is -1.72. The third-order valence-electron chi connectivity index (χ3n) is 6.92. The predicted octanol–water partition coefficient (Wildman–Crippen LogP) is 2.42. The smallest absolute Gasteiger partial charge is 0.261 e. The zero-order chi connectivity index (χ0) is 26.5. The van der Waals surface area contributed by atoms with Crippen LogP contribution in [0.3, 0.4) is 0 Å². The largest absolute Gasteiger partial charge is 0.454 e. The minimum absolute atomic E-state index is 0.0359. The lowest BCUT2D eigenvalue weighted by molar-refractivity contribution is -0.163. The number of carbonyl (C=O) groups is 4. The lowest BCUT2D eigenvalue weighted by Crippen LogP contribution is -2.71. The number of amides is 2. The maximum Gasteiger partial charge on any atom is 0.261 e. The summed E-state index contributed by atoms with van der Waals surface area (Å²) in [6.07, 6.45) is -0.176. The van der Waals surface area contributed by atoms with Crippen molar-refractivity contribution in [2.45, 2.75) is 55.8 Å². The molecule has 10 nitrogen and oxygen atoms in total. The third kappa shape index (κ3) is 3.84. The van der Waals surface area contributed by atoms with Crippen molar-refractivity contribution in [1.82, 2.24) is 9.80 Å². The fraction of sp³-hybridized carbons (Fsp3) is 0.542. The molecule has 12 heteroatoms. The van der Waals surface area contributed by atoms with E-state index in [1.807, 2.05) is 0 Å². The Morgan fingerprint density at radius 3 is 2.50 bits per heavy atom. The summed E-state index contributed by atoms with van der Waals surface area (Å²) in [6, 6.07) is 6.44. The molecule has 0 radical (unpaired) electrons. The molecule has 2 amide bonds. The number of fused-ring (bicyclic) bond motifs is 2. The minimum Gasteiger partial charge on any atom is -0.454 e. The van der Waals surface area contributed by atoms with Crippen molar-refractivity contribution in [2.24, 2.45) is 5.41 Å². The average molecular weight is 534 g/mol. The van der Waals surface area contributed by atoms with Crippen molar-refractivity contribution in [3.05, 3.63) is 23.8 Å². The first-order valence-corrected chi connectivity index (χ1v) is 13.1. The molecular formula is C24H27N3O7S2. The Morgan fingerprint density at radius 2 is 1.86 bits per heavy atom. The van der Waals surface area contributed by atoms with Crippen LogP contribution in [0.15, 0.2) is 18.2 Å². The normalized spacial score (nSPS) is 30.8. The molecule has 0 aromatic heterocycles. The average Bonchev–Trinajstić information content (AvgIpc) is 3.42. The monoisotopic (exact) mass is 533 g/mol. The number of piperazine rings is 1. The van der Waals surface area contributed by atoms with Gasteiger partial charge in [0.2, 0.25) is 6.79 Å². The van der Waals surface area contributed by atoms with Gasteiger partial charge in [-0.1, -0.05) is 13.0 Å². The van der Waals surface area contributed by atoms with Crippen molar-refractivity contribution in [1.29, 1.82) is 5.26 Å². The van der Waals surface area contributed by atoms with Crippen LogP contribution in [-0.2, 0) is 19.2 Å². The van der Waals surface area contributed by atoms with Crippen LogP contribution in [0.5, 0.6) is 11.5 Å². The molecule has 2 saturated heterocycles. The van der Waals surface area contributed by atoms with Crippen LogP contribution in [0.25, 0.3) is 0 Å². The molecule has 2 fully saturated rings. The molecule has 1 N–H and O–H groups in total. The zero-order valence-corrected chi connectivity index (χ0v) is 22.0. The Labute approximate surface area is 217 Å². The Kier molecular flexibility index (Phi) is 6.79. The van der Waals surface area contributed by atoms with Gasteiger partial charge in [0.25, 0.3) is 11.8 Å². The molecule has 0 spiro atoms. The second-order valence-electron chi connectivity index (χ2n) is 9.30. The van der Waals surface area contributed by atoms with E-state index in [-0.39, 0.29) is 31.2 Å². The number of benzene rings is 1. The highest BCUT2D eigenvalue weighted by Gasteiger charge is 2.71. The molecular weight excluding hydrogens is 506 g/mol. The molecule has 1 unspecified atom stereocenters. The number of hydrogen-bond donors (Lipinski definition) is 1.